The fourth-order valence-electron chi connectivity index (χ4n) is 1.61. The third kappa shape index (κ3) is 4.10. The molecule has 1 atom stereocenters. The van der Waals surface area contributed by atoms with Gasteiger partial charge in [0, 0.05) is 5.02 Å². The van der Waals surface area contributed by atoms with E-state index in [0.29, 0.717) is 16.3 Å². The Kier molecular flexibility index (Phi) is 5.60. The van der Waals surface area contributed by atoms with Crippen LogP contribution in [0.25, 0.3) is 0 Å². The van der Waals surface area contributed by atoms with Crippen molar-refractivity contribution in [3.63, 3.8) is 0 Å². The monoisotopic (exact) mass is 288 g/mol. The third-order valence-electron chi connectivity index (χ3n) is 2.62. The lowest BCUT2D eigenvalue weighted by atomic mass is 10.0. The predicted octanol–water partition coefficient (Wildman–Crippen LogP) is 4.01. The number of hydrogen-bond acceptors (Lipinski definition) is 3. The summed E-state index contributed by atoms with van der Waals surface area (Å²) in [6.07, 6.45) is -2.13. The van der Waals surface area contributed by atoms with Crippen molar-refractivity contribution in [2.45, 2.75) is 40.0 Å². The average molecular weight is 289 g/mol. The minimum atomic E-state index is -2.13. The van der Waals surface area contributed by atoms with E-state index in [-0.39, 0.29) is 12.5 Å². The topological polar surface area (TPSA) is 35.5 Å². The Morgan fingerprint density at radius 1 is 1.42 bits per heavy atom. The van der Waals surface area contributed by atoms with Gasteiger partial charge in [0.05, 0.1) is 6.61 Å². The number of alkyl halides is 1. The summed E-state index contributed by atoms with van der Waals surface area (Å²) < 4.78 is 23.1. The zero-order chi connectivity index (χ0) is 14.6. The van der Waals surface area contributed by atoms with Crippen molar-refractivity contribution >= 4 is 17.6 Å². The van der Waals surface area contributed by atoms with Crippen molar-refractivity contribution in [3.8, 4) is 5.75 Å². The summed E-state index contributed by atoms with van der Waals surface area (Å²) in [6, 6.07) is 3.36. The van der Waals surface area contributed by atoms with E-state index in [1.54, 1.807) is 26.0 Å². The van der Waals surface area contributed by atoms with E-state index in [1.807, 2.05) is 13.8 Å². The summed E-state index contributed by atoms with van der Waals surface area (Å²) in [5, 5.41) is 0.603. The number of esters is 1. The van der Waals surface area contributed by atoms with Crippen molar-refractivity contribution in [3.05, 3.63) is 28.3 Å². The van der Waals surface area contributed by atoms with Gasteiger partial charge in [0.15, 0.2) is 0 Å². The summed E-state index contributed by atoms with van der Waals surface area (Å²) in [6.45, 7) is 7.40. The zero-order valence-electron chi connectivity index (χ0n) is 11.5. The van der Waals surface area contributed by atoms with Gasteiger partial charge in [-0.25, -0.2) is 4.79 Å². The van der Waals surface area contributed by atoms with Crippen LogP contribution < -0.4 is 4.74 Å². The Labute approximate surface area is 117 Å². The molecule has 1 unspecified atom stereocenters. The first-order valence-corrected chi connectivity index (χ1v) is 6.52. The smallest absolute Gasteiger partial charge is 0.381 e. The molecule has 0 saturated carbocycles. The Morgan fingerprint density at radius 3 is 2.58 bits per heavy atom. The molecule has 0 N–H and O–H groups in total. The number of halogens is 2. The molecule has 3 nitrogen and oxygen atoms in total. The molecule has 0 amide bonds. The normalized spacial score (nSPS) is 12.4. The van der Waals surface area contributed by atoms with Gasteiger partial charge in [0.25, 0.3) is 0 Å². The molecule has 1 aromatic rings. The maximum Gasteiger partial charge on any atom is 0.381 e. The molecule has 1 aromatic carbocycles. The molecule has 0 bridgehead atoms. The fraction of sp³-hybridized carbons (Fsp3) is 0.500. The molecule has 106 valence electrons. The Bertz CT molecular complexity index is 460. The van der Waals surface area contributed by atoms with Crippen molar-refractivity contribution in [1.82, 2.24) is 0 Å². The van der Waals surface area contributed by atoms with Crippen LogP contribution in [0.5, 0.6) is 5.75 Å². The zero-order valence-corrected chi connectivity index (χ0v) is 12.3. The Morgan fingerprint density at radius 2 is 2.05 bits per heavy atom. The number of aryl methyl sites for hydroxylation is 1. The number of rotatable bonds is 5. The van der Waals surface area contributed by atoms with Gasteiger partial charge in [0.2, 0.25) is 0 Å². The first-order valence-electron chi connectivity index (χ1n) is 6.14. The maximum absolute atomic E-state index is 13.6. The molecule has 0 aromatic heterocycles. The number of carbonyl (C=O) groups is 1. The minimum Gasteiger partial charge on any atom is -0.461 e. The molecule has 0 aliphatic heterocycles. The van der Waals surface area contributed by atoms with Gasteiger partial charge in [0.1, 0.15) is 5.75 Å². The van der Waals surface area contributed by atoms with Gasteiger partial charge < -0.3 is 9.47 Å². The highest BCUT2D eigenvalue weighted by Crippen LogP contribution is 2.32. The Hall–Kier alpha value is -1.29. The first-order chi connectivity index (χ1) is 8.86. The second-order valence-electron chi connectivity index (χ2n) is 4.48. The lowest BCUT2D eigenvalue weighted by Gasteiger charge is -2.16. The molecular formula is C14H18ClFO3. The van der Waals surface area contributed by atoms with E-state index in [0.717, 1.165) is 5.56 Å². The van der Waals surface area contributed by atoms with Crippen LogP contribution in [0.15, 0.2) is 12.1 Å². The standard InChI is InChI=1S/C14H18ClFO3/c1-5-18-14(17)13(16)19-12-7-10(8(2)3)11(15)6-9(12)4/h6-8,13H,5H2,1-4H3. The highest BCUT2D eigenvalue weighted by molar-refractivity contribution is 6.31. The average Bonchev–Trinajstić information content (AvgIpc) is 2.32. The highest BCUT2D eigenvalue weighted by Gasteiger charge is 2.22. The van der Waals surface area contributed by atoms with Crippen molar-refractivity contribution in [2.75, 3.05) is 6.61 Å². The molecule has 0 heterocycles. The lowest BCUT2D eigenvalue weighted by molar-refractivity contribution is -0.159. The molecule has 5 heteroatoms. The quantitative estimate of drug-likeness (QED) is 0.768. The van der Waals surface area contributed by atoms with Crippen LogP contribution in [0.1, 0.15) is 37.8 Å². The highest BCUT2D eigenvalue weighted by atomic mass is 35.5. The molecule has 0 radical (unpaired) electrons. The van der Waals surface area contributed by atoms with Gasteiger partial charge in [-0.1, -0.05) is 25.4 Å². The molecule has 1 rings (SSSR count). The molecule has 0 aliphatic carbocycles. The summed E-state index contributed by atoms with van der Waals surface area (Å²) in [4.78, 5) is 11.2. The second kappa shape index (κ2) is 6.75. The summed E-state index contributed by atoms with van der Waals surface area (Å²) in [5.41, 5.74) is 1.51. The van der Waals surface area contributed by atoms with E-state index >= 15 is 0 Å². The van der Waals surface area contributed by atoms with Crippen molar-refractivity contribution < 1.29 is 18.7 Å². The van der Waals surface area contributed by atoms with E-state index in [9.17, 15) is 9.18 Å². The first kappa shape index (κ1) is 15.8. The SMILES string of the molecule is CCOC(=O)C(F)Oc1cc(C(C)C)c(Cl)cc1C. The largest absolute Gasteiger partial charge is 0.461 e. The summed E-state index contributed by atoms with van der Waals surface area (Å²) in [7, 11) is 0. The van der Waals surface area contributed by atoms with Crippen LogP contribution in [-0.2, 0) is 9.53 Å². The van der Waals surface area contributed by atoms with Gasteiger partial charge in [-0.2, -0.15) is 4.39 Å². The third-order valence-corrected chi connectivity index (χ3v) is 2.95. The Balaban J connectivity index is 2.95. The number of benzene rings is 1. The van der Waals surface area contributed by atoms with Crippen LogP contribution in [-0.4, -0.2) is 18.9 Å². The number of carbonyl (C=O) groups excluding carboxylic acids is 1. The van der Waals surface area contributed by atoms with Crippen LogP contribution in [0.3, 0.4) is 0 Å². The van der Waals surface area contributed by atoms with Crippen LogP contribution in [0.2, 0.25) is 5.02 Å². The molecule has 0 saturated heterocycles. The van der Waals surface area contributed by atoms with E-state index in [1.165, 1.54) is 0 Å². The van der Waals surface area contributed by atoms with Gasteiger partial charge >= 0.3 is 12.3 Å². The van der Waals surface area contributed by atoms with Crippen molar-refractivity contribution in [2.24, 2.45) is 0 Å². The van der Waals surface area contributed by atoms with E-state index in [4.69, 9.17) is 16.3 Å². The fourth-order valence-corrected chi connectivity index (χ4v) is 2.04. The van der Waals surface area contributed by atoms with Crippen LogP contribution in [0.4, 0.5) is 4.39 Å². The van der Waals surface area contributed by atoms with Gasteiger partial charge in [-0.3, -0.25) is 0 Å². The second-order valence-corrected chi connectivity index (χ2v) is 4.89. The van der Waals surface area contributed by atoms with Crippen LogP contribution >= 0.6 is 11.6 Å². The van der Waals surface area contributed by atoms with Crippen molar-refractivity contribution in [1.29, 1.82) is 0 Å². The van der Waals surface area contributed by atoms with E-state index < -0.39 is 12.3 Å². The van der Waals surface area contributed by atoms with E-state index in [2.05, 4.69) is 4.74 Å². The molecule has 0 spiro atoms. The van der Waals surface area contributed by atoms with Crippen LogP contribution in [0, 0.1) is 6.92 Å². The predicted molar refractivity (Wildman–Crippen MR) is 72.4 cm³/mol. The van der Waals surface area contributed by atoms with Gasteiger partial charge in [-0.15, -0.1) is 0 Å². The summed E-state index contributed by atoms with van der Waals surface area (Å²) >= 11 is 6.10. The van der Waals surface area contributed by atoms with Gasteiger partial charge in [-0.05, 0) is 43.0 Å². The molecular weight excluding hydrogens is 271 g/mol. The molecule has 0 aliphatic rings. The lowest BCUT2D eigenvalue weighted by Crippen LogP contribution is -2.25. The molecule has 0 fully saturated rings. The molecule has 19 heavy (non-hydrogen) atoms. The number of ether oxygens (including phenoxy) is 2. The number of hydrogen-bond donors (Lipinski definition) is 0. The maximum atomic E-state index is 13.6. The minimum absolute atomic E-state index is 0.111. The summed E-state index contributed by atoms with van der Waals surface area (Å²) in [5.74, 6) is -0.548.